The fourth-order valence-electron chi connectivity index (χ4n) is 2.77. The predicted octanol–water partition coefficient (Wildman–Crippen LogP) is 2.56. The molecule has 0 aliphatic heterocycles. The van der Waals surface area contributed by atoms with E-state index in [4.69, 9.17) is 15.2 Å². The minimum absolute atomic E-state index is 0.0232. The molecule has 0 spiro atoms. The maximum atomic E-state index is 12.3. The number of amides is 1. The first-order valence-electron chi connectivity index (χ1n) is 7.97. The Morgan fingerprint density at radius 2 is 2.23 bits per heavy atom. The molecule has 1 fully saturated rings. The summed E-state index contributed by atoms with van der Waals surface area (Å²) in [6.07, 6.45) is 4.59. The number of carbonyl (C=O) groups is 1. The van der Waals surface area contributed by atoms with E-state index in [2.05, 4.69) is 5.32 Å². The first-order chi connectivity index (χ1) is 10.7. The molecule has 0 heterocycles. The Labute approximate surface area is 132 Å². The molecule has 3 N–H and O–H groups in total. The van der Waals surface area contributed by atoms with Crippen molar-refractivity contribution in [1.82, 2.24) is 0 Å². The van der Waals surface area contributed by atoms with Crippen molar-refractivity contribution in [1.29, 1.82) is 0 Å². The van der Waals surface area contributed by atoms with Crippen LogP contribution in [0.15, 0.2) is 24.3 Å². The molecule has 1 aromatic rings. The van der Waals surface area contributed by atoms with Gasteiger partial charge < -0.3 is 20.5 Å². The Balaban J connectivity index is 1.85. The van der Waals surface area contributed by atoms with E-state index in [0.717, 1.165) is 43.5 Å². The van der Waals surface area contributed by atoms with E-state index in [0.29, 0.717) is 13.2 Å². The van der Waals surface area contributed by atoms with Gasteiger partial charge in [-0.3, -0.25) is 4.79 Å². The van der Waals surface area contributed by atoms with Crippen molar-refractivity contribution in [3.63, 3.8) is 0 Å². The molecule has 1 aliphatic rings. The van der Waals surface area contributed by atoms with Crippen molar-refractivity contribution in [3.8, 4) is 5.75 Å². The molecule has 0 bridgehead atoms. The largest absolute Gasteiger partial charge is 0.493 e. The molecule has 2 unspecified atom stereocenters. The van der Waals surface area contributed by atoms with Gasteiger partial charge in [0.25, 0.3) is 0 Å². The summed E-state index contributed by atoms with van der Waals surface area (Å²) in [6.45, 7) is 1.28. The van der Waals surface area contributed by atoms with Crippen LogP contribution in [0.1, 0.15) is 32.1 Å². The summed E-state index contributed by atoms with van der Waals surface area (Å²) in [5.74, 6) is 0.843. The van der Waals surface area contributed by atoms with Gasteiger partial charge in [-0.2, -0.15) is 0 Å². The van der Waals surface area contributed by atoms with Crippen LogP contribution in [-0.4, -0.2) is 32.3 Å². The van der Waals surface area contributed by atoms with Gasteiger partial charge in [0.1, 0.15) is 5.75 Å². The number of carbonyl (C=O) groups excluding carboxylic acids is 1. The van der Waals surface area contributed by atoms with Crippen molar-refractivity contribution < 1.29 is 14.3 Å². The van der Waals surface area contributed by atoms with E-state index in [1.54, 1.807) is 7.11 Å². The molecule has 5 heteroatoms. The maximum absolute atomic E-state index is 12.3. The van der Waals surface area contributed by atoms with Crippen LogP contribution in [-0.2, 0) is 9.53 Å². The molecule has 2 rings (SSSR count). The second kappa shape index (κ2) is 8.76. The van der Waals surface area contributed by atoms with Crippen LogP contribution in [0, 0.1) is 5.92 Å². The zero-order valence-electron chi connectivity index (χ0n) is 13.2. The van der Waals surface area contributed by atoms with Crippen LogP contribution >= 0.6 is 0 Å². The average molecular weight is 306 g/mol. The Morgan fingerprint density at radius 1 is 1.36 bits per heavy atom. The summed E-state index contributed by atoms with van der Waals surface area (Å²) in [5, 5.41) is 2.97. The number of nitrogens with one attached hydrogen (secondary N) is 1. The maximum Gasteiger partial charge on any atom is 0.227 e. The van der Waals surface area contributed by atoms with Gasteiger partial charge in [-0.05, 0) is 31.4 Å². The van der Waals surface area contributed by atoms with Gasteiger partial charge in [0.15, 0.2) is 0 Å². The second-order valence-corrected chi connectivity index (χ2v) is 5.84. The lowest BCUT2D eigenvalue weighted by atomic mass is 9.85. The Kier molecular flexibility index (Phi) is 6.68. The lowest BCUT2D eigenvalue weighted by Crippen LogP contribution is -2.34. The number of benzene rings is 1. The number of nitrogens with two attached hydrogens (primary N) is 1. The average Bonchev–Trinajstić information content (AvgIpc) is 2.52. The minimum atomic E-state index is 0.0232. The molecule has 1 saturated carbocycles. The number of ether oxygens (including phenoxy) is 2. The van der Waals surface area contributed by atoms with Gasteiger partial charge in [0, 0.05) is 43.9 Å². The summed E-state index contributed by atoms with van der Waals surface area (Å²) in [4.78, 5) is 12.3. The van der Waals surface area contributed by atoms with Gasteiger partial charge in [0.2, 0.25) is 5.91 Å². The highest BCUT2D eigenvalue weighted by Gasteiger charge is 2.25. The van der Waals surface area contributed by atoms with Crippen molar-refractivity contribution in [2.45, 2.75) is 38.1 Å². The normalized spacial score (nSPS) is 21.4. The fraction of sp³-hybridized carbons (Fsp3) is 0.588. The van der Waals surface area contributed by atoms with E-state index < -0.39 is 0 Å². The van der Waals surface area contributed by atoms with E-state index >= 15 is 0 Å². The molecule has 22 heavy (non-hydrogen) atoms. The van der Waals surface area contributed by atoms with Crippen LogP contribution in [0.25, 0.3) is 0 Å². The van der Waals surface area contributed by atoms with E-state index in [1.165, 1.54) is 0 Å². The molecule has 0 saturated heterocycles. The summed E-state index contributed by atoms with van der Waals surface area (Å²) in [7, 11) is 1.67. The smallest absolute Gasteiger partial charge is 0.227 e. The summed E-state index contributed by atoms with van der Waals surface area (Å²) < 4.78 is 10.6. The Morgan fingerprint density at radius 3 is 3.00 bits per heavy atom. The number of hydrogen-bond acceptors (Lipinski definition) is 4. The van der Waals surface area contributed by atoms with Crippen LogP contribution in [0.4, 0.5) is 5.69 Å². The van der Waals surface area contributed by atoms with E-state index in [-0.39, 0.29) is 17.9 Å². The van der Waals surface area contributed by atoms with Crippen LogP contribution in [0.2, 0.25) is 0 Å². The molecule has 1 aliphatic carbocycles. The zero-order chi connectivity index (χ0) is 15.8. The second-order valence-electron chi connectivity index (χ2n) is 5.84. The third kappa shape index (κ3) is 5.31. The van der Waals surface area contributed by atoms with Gasteiger partial charge in [-0.1, -0.05) is 12.5 Å². The molecular formula is C17H26N2O3. The molecule has 5 nitrogen and oxygen atoms in total. The summed E-state index contributed by atoms with van der Waals surface area (Å²) in [5.41, 5.74) is 6.72. The van der Waals surface area contributed by atoms with Crippen LogP contribution in [0.5, 0.6) is 5.75 Å². The number of rotatable bonds is 7. The SMILES string of the molecule is COCCCOc1cccc(NC(=O)C2CCCC(N)C2)c1. The van der Waals surface area contributed by atoms with Crippen molar-refractivity contribution in [2.24, 2.45) is 11.7 Å². The molecule has 2 atom stereocenters. The first-order valence-corrected chi connectivity index (χ1v) is 7.97. The Hall–Kier alpha value is -1.59. The number of methoxy groups -OCH3 is 1. The minimum Gasteiger partial charge on any atom is -0.493 e. The third-order valence-corrected chi connectivity index (χ3v) is 3.95. The third-order valence-electron chi connectivity index (χ3n) is 3.95. The highest BCUT2D eigenvalue weighted by atomic mass is 16.5. The predicted molar refractivity (Wildman–Crippen MR) is 87.0 cm³/mol. The van der Waals surface area contributed by atoms with E-state index in [9.17, 15) is 4.79 Å². The topological polar surface area (TPSA) is 73.6 Å². The van der Waals surface area contributed by atoms with Gasteiger partial charge >= 0.3 is 0 Å². The molecule has 0 aromatic heterocycles. The van der Waals surface area contributed by atoms with Gasteiger partial charge in [-0.25, -0.2) is 0 Å². The van der Waals surface area contributed by atoms with Gasteiger partial charge in [-0.15, -0.1) is 0 Å². The van der Waals surface area contributed by atoms with Crippen molar-refractivity contribution >= 4 is 11.6 Å². The fourth-order valence-corrected chi connectivity index (χ4v) is 2.77. The zero-order valence-corrected chi connectivity index (χ0v) is 13.2. The number of anilines is 1. The quantitative estimate of drug-likeness (QED) is 0.759. The van der Waals surface area contributed by atoms with Crippen LogP contribution < -0.4 is 15.8 Å². The Bertz CT molecular complexity index is 479. The summed E-state index contributed by atoms with van der Waals surface area (Å²) in [6, 6.07) is 7.66. The highest BCUT2D eigenvalue weighted by molar-refractivity contribution is 5.92. The molecule has 1 aromatic carbocycles. The molecular weight excluding hydrogens is 280 g/mol. The van der Waals surface area contributed by atoms with Crippen LogP contribution in [0.3, 0.4) is 0 Å². The molecule has 1 amide bonds. The highest BCUT2D eigenvalue weighted by Crippen LogP contribution is 2.25. The summed E-state index contributed by atoms with van der Waals surface area (Å²) >= 11 is 0. The molecule has 0 radical (unpaired) electrons. The first kappa shape index (κ1) is 16.8. The van der Waals surface area contributed by atoms with E-state index in [1.807, 2.05) is 24.3 Å². The lowest BCUT2D eigenvalue weighted by molar-refractivity contribution is -0.120. The lowest BCUT2D eigenvalue weighted by Gasteiger charge is -2.25. The standard InChI is InChI=1S/C17H26N2O3/c1-21-9-4-10-22-16-8-3-7-15(12-16)19-17(20)13-5-2-6-14(18)11-13/h3,7-8,12-14H,2,4-6,9-11,18H2,1H3,(H,19,20). The van der Waals surface area contributed by atoms with Gasteiger partial charge in [0.05, 0.1) is 6.61 Å². The molecule has 122 valence electrons. The number of hydrogen-bond donors (Lipinski definition) is 2. The van der Waals surface area contributed by atoms with Crippen molar-refractivity contribution in [2.75, 3.05) is 25.6 Å². The van der Waals surface area contributed by atoms with Crippen molar-refractivity contribution in [3.05, 3.63) is 24.3 Å². The monoisotopic (exact) mass is 306 g/mol.